The van der Waals surface area contributed by atoms with Crippen molar-refractivity contribution in [2.24, 2.45) is 5.14 Å². The SMILES string of the molecule is CC(CCNC(=O)c1cc(S(N)(=O)=O)ccc1Br)S(C)=O. The minimum absolute atomic E-state index is 0.0236. The zero-order chi connectivity index (χ0) is 16.2. The van der Waals surface area contributed by atoms with Gasteiger partial charge in [-0.15, -0.1) is 0 Å². The third-order valence-corrected chi connectivity index (χ3v) is 5.89. The third-order valence-electron chi connectivity index (χ3n) is 2.91. The first-order valence-electron chi connectivity index (χ1n) is 6.05. The second-order valence-electron chi connectivity index (χ2n) is 4.54. The van der Waals surface area contributed by atoms with Crippen LogP contribution in [0.3, 0.4) is 0 Å². The van der Waals surface area contributed by atoms with Crippen molar-refractivity contribution in [3.8, 4) is 0 Å². The van der Waals surface area contributed by atoms with E-state index in [0.717, 1.165) is 0 Å². The summed E-state index contributed by atoms with van der Waals surface area (Å²) in [4.78, 5) is 11.9. The Kier molecular flexibility index (Phi) is 6.51. The molecule has 0 saturated carbocycles. The van der Waals surface area contributed by atoms with E-state index in [1.165, 1.54) is 18.2 Å². The average Bonchev–Trinajstić information content (AvgIpc) is 2.37. The van der Waals surface area contributed by atoms with Crippen LogP contribution in [0.1, 0.15) is 23.7 Å². The summed E-state index contributed by atoms with van der Waals surface area (Å²) < 4.78 is 34.3. The Bertz CT molecular complexity index is 661. The predicted octanol–water partition coefficient (Wildman–Crippen LogP) is 0.983. The molecule has 0 bridgehead atoms. The van der Waals surface area contributed by atoms with Gasteiger partial charge in [0.2, 0.25) is 10.0 Å². The van der Waals surface area contributed by atoms with E-state index in [2.05, 4.69) is 21.2 Å². The van der Waals surface area contributed by atoms with Crippen molar-refractivity contribution >= 4 is 42.7 Å². The van der Waals surface area contributed by atoms with Crippen LogP contribution >= 0.6 is 15.9 Å². The molecule has 1 aromatic rings. The Hall–Kier alpha value is -0.770. The lowest BCUT2D eigenvalue weighted by Gasteiger charge is -2.11. The van der Waals surface area contributed by atoms with Gasteiger partial charge in [-0.1, -0.05) is 6.92 Å². The van der Waals surface area contributed by atoms with Crippen molar-refractivity contribution in [3.63, 3.8) is 0 Å². The van der Waals surface area contributed by atoms with E-state index in [4.69, 9.17) is 5.14 Å². The summed E-state index contributed by atoms with van der Waals surface area (Å²) in [5.41, 5.74) is 0.187. The molecule has 1 rings (SSSR count). The van der Waals surface area contributed by atoms with Crippen LogP contribution in [-0.2, 0) is 20.8 Å². The molecule has 0 spiro atoms. The Balaban J connectivity index is 2.81. The fraction of sp³-hybridized carbons (Fsp3) is 0.417. The molecule has 0 saturated heterocycles. The number of nitrogens with one attached hydrogen (secondary N) is 1. The van der Waals surface area contributed by atoms with Crippen molar-refractivity contribution in [2.75, 3.05) is 12.8 Å². The van der Waals surface area contributed by atoms with Crippen LogP contribution in [0, 0.1) is 0 Å². The van der Waals surface area contributed by atoms with Crippen molar-refractivity contribution in [1.29, 1.82) is 0 Å². The molecule has 0 radical (unpaired) electrons. The maximum atomic E-state index is 12.0. The summed E-state index contributed by atoms with van der Waals surface area (Å²) in [6.45, 7) is 2.19. The molecule has 0 heterocycles. The molecule has 2 atom stereocenters. The van der Waals surface area contributed by atoms with Crippen LogP contribution in [0.25, 0.3) is 0 Å². The number of carbonyl (C=O) groups excluding carboxylic acids is 1. The molecule has 3 N–H and O–H groups in total. The fourth-order valence-corrected chi connectivity index (χ4v) is 2.92. The Labute approximate surface area is 135 Å². The predicted molar refractivity (Wildman–Crippen MR) is 86.0 cm³/mol. The van der Waals surface area contributed by atoms with Gasteiger partial charge in [-0.3, -0.25) is 9.00 Å². The van der Waals surface area contributed by atoms with Gasteiger partial charge in [0.05, 0.1) is 10.5 Å². The van der Waals surface area contributed by atoms with Crippen LogP contribution in [-0.4, -0.2) is 36.6 Å². The van der Waals surface area contributed by atoms with Gasteiger partial charge >= 0.3 is 0 Å². The van der Waals surface area contributed by atoms with Gasteiger partial charge in [-0.05, 0) is 40.5 Å². The fourth-order valence-electron chi connectivity index (χ4n) is 1.51. The largest absolute Gasteiger partial charge is 0.352 e. The minimum Gasteiger partial charge on any atom is -0.352 e. The number of sulfonamides is 1. The molecule has 0 aliphatic rings. The highest BCUT2D eigenvalue weighted by Crippen LogP contribution is 2.20. The van der Waals surface area contributed by atoms with Crippen molar-refractivity contribution in [1.82, 2.24) is 5.32 Å². The molecular formula is C12H17BrN2O4S2. The van der Waals surface area contributed by atoms with Crippen LogP contribution in [0.15, 0.2) is 27.6 Å². The maximum absolute atomic E-state index is 12.0. The van der Waals surface area contributed by atoms with E-state index < -0.39 is 26.7 Å². The van der Waals surface area contributed by atoms with Crippen LogP contribution < -0.4 is 10.5 Å². The number of carbonyl (C=O) groups is 1. The number of benzene rings is 1. The summed E-state index contributed by atoms with van der Waals surface area (Å²) in [6, 6.07) is 3.99. The molecule has 118 valence electrons. The first-order valence-corrected chi connectivity index (χ1v) is 10.0. The summed E-state index contributed by atoms with van der Waals surface area (Å²) >= 11 is 3.20. The molecule has 9 heteroatoms. The van der Waals surface area contributed by atoms with Gasteiger partial charge in [0.1, 0.15) is 0 Å². The zero-order valence-electron chi connectivity index (χ0n) is 11.6. The normalized spacial score (nSPS) is 14.5. The highest BCUT2D eigenvalue weighted by atomic mass is 79.9. The molecule has 0 fully saturated rings. The molecule has 1 aromatic carbocycles. The third kappa shape index (κ3) is 5.50. The van der Waals surface area contributed by atoms with E-state index >= 15 is 0 Å². The summed E-state index contributed by atoms with van der Waals surface area (Å²) in [6.07, 6.45) is 2.18. The zero-order valence-corrected chi connectivity index (χ0v) is 14.8. The Morgan fingerprint density at radius 2 is 2.10 bits per heavy atom. The molecule has 2 unspecified atom stereocenters. The van der Waals surface area contributed by atoms with Gasteiger partial charge in [0, 0.05) is 33.3 Å². The number of hydrogen-bond acceptors (Lipinski definition) is 4. The van der Waals surface area contributed by atoms with Gasteiger partial charge < -0.3 is 5.32 Å². The van der Waals surface area contributed by atoms with Crippen molar-refractivity contribution < 1.29 is 17.4 Å². The first-order chi connectivity index (χ1) is 9.62. The molecule has 1 amide bonds. The second-order valence-corrected chi connectivity index (χ2v) is 8.76. The quantitative estimate of drug-likeness (QED) is 0.746. The lowest BCUT2D eigenvalue weighted by molar-refractivity contribution is 0.0952. The number of amides is 1. The number of nitrogens with two attached hydrogens (primary N) is 1. The molecule has 6 nitrogen and oxygen atoms in total. The van der Waals surface area contributed by atoms with E-state index in [1.807, 2.05) is 6.92 Å². The number of rotatable bonds is 6. The van der Waals surface area contributed by atoms with Crippen LogP contribution in [0.4, 0.5) is 0 Å². The van der Waals surface area contributed by atoms with Crippen molar-refractivity contribution in [3.05, 3.63) is 28.2 Å². The molecule has 0 aliphatic heterocycles. The monoisotopic (exact) mass is 396 g/mol. The number of hydrogen-bond donors (Lipinski definition) is 2. The lowest BCUT2D eigenvalue weighted by Crippen LogP contribution is -2.28. The van der Waals surface area contributed by atoms with Crippen molar-refractivity contribution in [2.45, 2.75) is 23.5 Å². The second kappa shape index (κ2) is 7.48. The average molecular weight is 397 g/mol. The number of primary sulfonamides is 1. The van der Waals surface area contributed by atoms with E-state index in [-0.39, 0.29) is 15.7 Å². The minimum atomic E-state index is -3.86. The summed E-state index contributed by atoms with van der Waals surface area (Å²) in [5.74, 6) is -0.415. The standard InChI is InChI=1S/C12H17BrN2O4S2/c1-8(20(2)17)5-6-15-12(16)10-7-9(21(14,18)19)3-4-11(10)13/h3-4,7-8H,5-6H2,1-2H3,(H,15,16)(H2,14,18,19). The Morgan fingerprint density at radius 1 is 1.48 bits per heavy atom. The Morgan fingerprint density at radius 3 is 2.62 bits per heavy atom. The maximum Gasteiger partial charge on any atom is 0.252 e. The van der Waals surface area contributed by atoms with E-state index in [9.17, 15) is 17.4 Å². The van der Waals surface area contributed by atoms with E-state index in [0.29, 0.717) is 17.4 Å². The molecule has 21 heavy (non-hydrogen) atoms. The van der Waals surface area contributed by atoms with Crippen LogP contribution in [0.2, 0.25) is 0 Å². The first kappa shape index (κ1) is 18.3. The topological polar surface area (TPSA) is 106 Å². The summed E-state index contributed by atoms with van der Waals surface area (Å²) in [7, 11) is -4.81. The molecular weight excluding hydrogens is 380 g/mol. The summed E-state index contributed by atoms with van der Waals surface area (Å²) in [5, 5.41) is 7.68. The molecule has 0 aromatic heterocycles. The highest BCUT2D eigenvalue weighted by molar-refractivity contribution is 9.10. The number of halogens is 1. The van der Waals surface area contributed by atoms with Gasteiger partial charge in [-0.25, -0.2) is 13.6 Å². The highest BCUT2D eigenvalue weighted by Gasteiger charge is 2.15. The van der Waals surface area contributed by atoms with Crippen LogP contribution in [0.5, 0.6) is 0 Å². The van der Waals surface area contributed by atoms with Gasteiger partial charge in [0.25, 0.3) is 5.91 Å². The lowest BCUT2D eigenvalue weighted by atomic mass is 10.2. The van der Waals surface area contributed by atoms with E-state index in [1.54, 1.807) is 6.26 Å². The van der Waals surface area contributed by atoms with Gasteiger partial charge in [-0.2, -0.15) is 0 Å². The molecule has 0 aliphatic carbocycles. The van der Waals surface area contributed by atoms with Gasteiger partial charge in [0.15, 0.2) is 0 Å². The smallest absolute Gasteiger partial charge is 0.252 e.